The van der Waals surface area contributed by atoms with Gasteiger partial charge in [0.1, 0.15) is 22.7 Å². The number of amides is 6. The van der Waals surface area contributed by atoms with Crippen molar-refractivity contribution in [3.63, 3.8) is 0 Å². The van der Waals surface area contributed by atoms with Crippen molar-refractivity contribution in [2.75, 3.05) is 79.5 Å². The zero-order chi connectivity index (χ0) is 51.8. The average Bonchev–Trinajstić information content (AvgIpc) is 3.32. The van der Waals surface area contributed by atoms with Gasteiger partial charge in [0.2, 0.25) is 0 Å². The number of fused-ring (bicyclic) bond motifs is 4. The van der Waals surface area contributed by atoms with E-state index >= 15 is 0 Å². The molecule has 6 aromatic rings. The van der Waals surface area contributed by atoms with Crippen molar-refractivity contribution in [3.8, 4) is 11.5 Å². The molecule has 6 amide bonds. The number of carbonyl (C=O) groups is 6. The molecule has 0 aliphatic carbocycles. The van der Waals surface area contributed by atoms with Crippen LogP contribution >= 0.6 is 15.9 Å². The lowest BCUT2D eigenvalue weighted by Gasteiger charge is -2.30. The highest BCUT2D eigenvalue weighted by Crippen LogP contribution is 2.41. The number of carbonyl (C=O) groups excluding carboxylic acids is 6. The summed E-state index contributed by atoms with van der Waals surface area (Å²) in [6, 6.07) is 26.4. The van der Waals surface area contributed by atoms with Gasteiger partial charge in [0, 0.05) is 83.8 Å². The molecule has 0 atom stereocenters. The predicted molar refractivity (Wildman–Crippen MR) is 287 cm³/mol. The Morgan fingerprint density at radius 3 is 1.43 bits per heavy atom. The molecule has 3 N–H and O–H groups in total. The Balaban J connectivity index is 0.000000226. The van der Waals surface area contributed by atoms with Gasteiger partial charge in [0.15, 0.2) is 0 Å². The molecule has 0 fully saturated rings. The van der Waals surface area contributed by atoms with Crippen molar-refractivity contribution in [2.45, 2.75) is 60.2 Å². The van der Waals surface area contributed by atoms with Crippen molar-refractivity contribution >= 4 is 94.8 Å². The number of nitrogens with one attached hydrogen (secondary N) is 3. The number of alkyl carbamates (subject to hydrolysis) is 2. The molecule has 384 valence electrons. The van der Waals surface area contributed by atoms with E-state index in [9.17, 15) is 28.8 Å². The van der Waals surface area contributed by atoms with Gasteiger partial charge in [-0.15, -0.1) is 0 Å². The highest BCUT2D eigenvalue weighted by Gasteiger charge is 2.36. The first-order valence-corrected chi connectivity index (χ1v) is 24.5. The standard InChI is InChI=1S/C27H31N3O5.C20H18N2O3.C7H14BrNO2.CH4/c1-27(2,3)35-26(33)28-12-13-29(4)14-15-30-24(31)19-10-11-21(34-5)20-16-17-8-6-7-9-18(17)23(22(19)20)25(30)32;1-21-9-10-22-19(23)14-7-8-16(25-2)15-11-12-5-3-4-6-13(12)18(17(14)15)20(22)24;1-7(2,3)11-6(10)9-5-4-8;/h6-11,16H,12-15H2,1-5H3,(H,28,33);3-8,11,21H,9-10H2,1-2H3;4-5H2,1-3H3,(H,9,10);1H4. The maximum Gasteiger partial charge on any atom is 0.407 e. The van der Waals surface area contributed by atoms with E-state index in [0.717, 1.165) is 37.6 Å². The van der Waals surface area contributed by atoms with Gasteiger partial charge < -0.3 is 39.8 Å². The van der Waals surface area contributed by atoms with Crippen molar-refractivity contribution in [2.24, 2.45) is 0 Å². The van der Waals surface area contributed by atoms with E-state index in [0.29, 0.717) is 83.8 Å². The lowest BCUT2D eigenvalue weighted by atomic mass is 9.89. The zero-order valence-electron chi connectivity index (χ0n) is 42.0. The largest absolute Gasteiger partial charge is 0.496 e. The van der Waals surface area contributed by atoms with Crippen LogP contribution < -0.4 is 25.4 Å². The van der Waals surface area contributed by atoms with Crippen molar-refractivity contribution < 1.29 is 47.7 Å². The molecule has 16 nitrogen and oxygen atoms in total. The summed E-state index contributed by atoms with van der Waals surface area (Å²) in [6.07, 6.45) is -0.837. The molecule has 0 spiro atoms. The van der Waals surface area contributed by atoms with Crippen LogP contribution in [-0.4, -0.2) is 141 Å². The highest BCUT2D eigenvalue weighted by atomic mass is 79.9. The number of methoxy groups -OCH3 is 2. The Kier molecular flexibility index (Phi) is 18.7. The number of imide groups is 2. The second-order valence-electron chi connectivity index (χ2n) is 18.9. The molecule has 0 aromatic heterocycles. The number of hydrogen-bond acceptors (Lipinski definition) is 12. The second-order valence-corrected chi connectivity index (χ2v) is 19.7. The van der Waals surface area contributed by atoms with Crippen LogP contribution in [0.2, 0.25) is 0 Å². The maximum absolute atomic E-state index is 13.6. The van der Waals surface area contributed by atoms with Crippen LogP contribution in [0.25, 0.3) is 43.1 Å². The van der Waals surface area contributed by atoms with E-state index in [1.165, 1.54) is 9.80 Å². The van der Waals surface area contributed by atoms with Crippen LogP contribution in [-0.2, 0) is 9.47 Å². The number of benzene rings is 6. The molecule has 0 unspecified atom stereocenters. The fourth-order valence-electron chi connectivity index (χ4n) is 8.35. The topological polar surface area (TPSA) is 185 Å². The molecule has 2 heterocycles. The maximum atomic E-state index is 13.6. The lowest BCUT2D eigenvalue weighted by molar-refractivity contribution is 0.0514. The van der Waals surface area contributed by atoms with Gasteiger partial charge in [-0.05, 0) is 114 Å². The molecule has 2 aliphatic rings. The molecule has 17 heteroatoms. The van der Waals surface area contributed by atoms with E-state index in [2.05, 4.69) is 31.9 Å². The van der Waals surface area contributed by atoms with Gasteiger partial charge in [0.05, 0.1) is 25.3 Å². The zero-order valence-corrected chi connectivity index (χ0v) is 43.6. The lowest BCUT2D eigenvalue weighted by Crippen LogP contribution is -2.45. The number of halogens is 1. The second kappa shape index (κ2) is 24.1. The quantitative estimate of drug-likeness (QED) is 0.0567. The molecule has 8 rings (SSSR count). The number of nitrogens with zero attached hydrogens (tertiary/aromatic N) is 3. The Labute approximate surface area is 429 Å². The van der Waals surface area contributed by atoms with E-state index < -0.39 is 17.3 Å². The summed E-state index contributed by atoms with van der Waals surface area (Å²) in [5, 5.41) is 15.5. The fourth-order valence-corrected chi connectivity index (χ4v) is 8.55. The van der Waals surface area contributed by atoms with Crippen LogP contribution in [0.3, 0.4) is 0 Å². The Bertz CT molecular complexity index is 3000. The number of likely N-dealkylation sites (N-methyl/N-ethyl adjacent to an activating group) is 2. The highest BCUT2D eigenvalue weighted by molar-refractivity contribution is 9.09. The molecular weight excluding hydrogens is 985 g/mol. The number of ether oxygens (including phenoxy) is 4. The van der Waals surface area contributed by atoms with Gasteiger partial charge in [-0.3, -0.25) is 29.0 Å². The average molecular weight is 1050 g/mol. The molecule has 72 heavy (non-hydrogen) atoms. The normalized spacial score (nSPS) is 13.1. The summed E-state index contributed by atoms with van der Waals surface area (Å²) < 4.78 is 21.2. The molecular formula is C55H67BrN6O10. The molecule has 0 radical (unpaired) electrons. The minimum absolute atomic E-state index is 0. The number of hydrogen-bond donors (Lipinski definition) is 3. The van der Waals surface area contributed by atoms with E-state index in [4.69, 9.17) is 18.9 Å². The third-order valence-corrected chi connectivity index (χ3v) is 11.9. The first-order chi connectivity index (χ1) is 33.7. The van der Waals surface area contributed by atoms with Crippen molar-refractivity contribution in [1.29, 1.82) is 0 Å². The van der Waals surface area contributed by atoms with Crippen molar-refractivity contribution in [3.05, 3.63) is 107 Å². The summed E-state index contributed by atoms with van der Waals surface area (Å²) in [6.45, 7) is 14.0. The van der Waals surface area contributed by atoms with E-state index in [1.807, 2.05) is 114 Å². The van der Waals surface area contributed by atoms with Gasteiger partial charge in [0.25, 0.3) is 23.6 Å². The van der Waals surface area contributed by atoms with Crippen LogP contribution in [0.4, 0.5) is 9.59 Å². The third kappa shape index (κ3) is 12.8. The minimum atomic E-state index is -0.557. The number of alkyl halides is 1. The van der Waals surface area contributed by atoms with E-state index in [1.54, 1.807) is 45.5 Å². The summed E-state index contributed by atoms with van der Waals surface area (Å²) in [5.41, 5.74) is 1.19. The predicted octanol–water partition coefficient (Wildman–Crippen LogP) is 9.41. The minimum Gasteiger partial charge on any atom is -0.496 e. The van der Waals surface area contributed by atoms with Crippen LogP contribution in [0.1, 0.15) is 90.4 Å². The summed E-state index contributed by atoms with van der Waals surface area (Å²) in [7, 11) is 6.86. The van der Waals surface area contributed by atoms with E-state index in [-0.39, 0.29) is 43.7 Å². The molecule has 2 aliphatic heterocycles. The molecule has 0 bridgehead atoms. The van der Waals surface area contributed by atoms with Crippen molar-refractivity contribution in [1.82, 2.24) is 30.7 Å². The summed E-state index contributed by atoms with van der Waals surface area (Å²) >= 11 is 3.19. The third-order valence-electron chi connectivity index (χ3n) is 11.5. The van der Waals surface area contributed by atoms with Gasteiger partial charge >= 0.3 is 12.2 Å². The molecule has 0 saturated heterocycles. The molecule has 0 saturated carbocycles. The SMILES string of the molecule is C.CC(C)(C)OC(=O)NCCBr.CNCCN1C(=O)c2ccc(OC)c3cc4ccccc4c(c23)C1=O.COc1ccc2c3c(c4ccccc4cc13)C(=O)N(CCN(C)CCNC(=O)OC(C)(C)C)C2=O. The molecule has 6 aromatic carbocycles. The Morgan fingerprint density at radius 2 is 1.01 bits per heavy atom. The van der Waals surface area contributed by atoms with Gasteiger partial charge in [-0.1, -0.05) is 71.9 Å². The summed E-state index contributed by atoms with van der Waals surface area (Å²) in [4.78, 5) is 80.4. The first kappa shape index (κ1) is 56.1. The summed E-state index contributed by atoms with van der Waals surface area (Å²) in [5.74, 6) is 0.166. The van der Waals surface area contributed by atoms with Crippen LogP contribution in [0, 0.1) is 0 Å². The Hall–Kier alpha value is -6.82. The fraction of sp³-hybridized carbons (Fsp3) is 0.382. The number of rotatable bonds is 13. The van der Waals surface area contributed by atoms with Gasteiger partial charge in [-0.2, -0.15) is 0 Å². The van der Waals surface area contributed by atoms with Crippen LogP contribution in [0.15, 0.2) is 84.9 Å². The monoisotopic (exact) mass is 1050 g/mol. The first-order valence-electron chi connectivity index (χ1n) is 23.3. The van der Waals surface area contributed by atoms with Gasteiger partial charge in [-0.25, -0.2) is 9.59 Å². The Morgan fingerprint density at radius 1 is 0.583 bits per heavy atom. The van der Waals surface area contributed by atoms with Crippen LogP contribution in [0.5, 0.6) is 11.5 Å². The smallest absolute Gasteiger partial charge is 0.407 e.